The Balaban J connectivity index is 4.47. The molecule has 0 radical (unpaired) electrons. The Morgan fingerprint density at radius 2 is 1.84 bits per heavy atom. The highest BCUT2D eigenvalue weighted by Gasteiger charge is 2.27. The number of hydrogen-bond donors (Lipinski definition) is 2. The molecule has 0 heterocycles. The molecule has 0 atom stereocenters. The molecule has 0 aliphatic rings. The normalized spacial score (nSPS) is 10.7. The van der Waals surface area contributed by atoms with E-state index in [2.05, 4.69) is 10.1 Å². The molecule has 110 valence electrons. The van der Waals surface area contributed by atoms with Crippen LogP contribution in [0, 0.1) is 0 Å². The molecule has 0 saturated heterocycles. The molecule has 0 aromatic heterocycles. The van der Waals surface area contributed by atoms with Gasteiger partial charge in [-0.15, -0.1) is 0 Å². The van der Waals surface area contributed by atoms with Crippen molar-refractivity contribution in [3.05, 3.63) is 0 Å². The molecule has 0 aliphatic carbocycles. The number of rotatable bonds is 6. The molecule has 0 fully saturated rings. The quantitative estimate of drug-likeness (QED) is 0.699. The van der Waals surface area contributed by atoms with E-state index in [-0.39, 0.29) is 26.1 Å². The van der Waals surface area contributed by atoms with Crippen LogP contribution in [-0.2, 0) is 14.3 Å². The minimum absolute atomic E-state index is 0.0769. The fourth-order valence-corrected chi connectivity index (χ4v) is 1.40. The highest BCUT2D eigenvalue weighted by atomic mass is 16.5. The first-order valence-electron chi connectivity index (χ1n) is 6.11. The van der Waals surface area contributed by atoms with Crippen LogP contribution in [0.15, 0.2) is 0 Å². The van der Waals surface area contributed by atoms with Crippen molar-refractivity contribution in [2.75, 3.05) is 19.7 Å². The average molecular weight is 274 g/mol. The van der Waals surface area contributed by atoms with Gasteiger partial charge in [0, 0.05) is 12.1 Å². The summed E-state index contributed by atoms with van der Waals surface area (Å²) in [4.78, 5) is 35.0. The van der Waals surface area contributed by atoms with Gasteiger partial charge in [0.05, 0.1) is 13.0 Å². The third kappa shape index (κ3) is 7.28. The zero-order valence-corrected chi connectivity index (χ0v) is 11.9. The maximum atomic E-state index is 11.9. The summed E-state index contributed by atoms with van der Waals surface area (Å²) >= 11 is 0. The Kier molecular flexibility index (Phi) is 6.89. The van der Waals surface area contributed by atoms with Crippen LogP contribution in [0.5, 0.6) is 0 Å². The van der Waals surface area contributed by atoms with Crippen molar-refractivity contribution >= 4 is 18.0 Å². The van der Waals surface area contributed by atoms with E-state index in [0.29, 0.717) is 0 Å². The van der Waals surface area contributed by atoms with Crippen molar-refractivity contribution in [1.82, 2.24) is 10.2 Å². The van der Waals surface area contributed by atoms with Gasteiger partial charge in [-0.3, -0.25) is 9.59 Å². The summed E-state index contributed by atoms with van der Waals surface area (Å²) in [5.74, 6) is -1.50. The second kappa shape index (κ2) is 7.60. The number of carboxylic acid groups (broad SMARTS) is 1. The van der Waals surface area contributed by atoms with Crippen molar-refractivity contribution in [3.63, 3.8) is 0 Å². The Morgan fingerprint density at radius 3 is 2.26 bits per heavy atom. The lowest BCUT2D eigenvalue weighted by Crippen LogP contribution is -2.52. The van der Waals surface area contributed by atoms with Crippen LogP contribution in [0.2, 0.25) is 0 Å². The summed E-state index contributed by atoms with van der Waals surface area (Å²) in [5, 5.41) is 11.1. The number of carbonyl (C=O) groups is 3. The molecule has 0 aromatic rings. The van der Waals surface area contributed by atoms with E-state index in [0.717, 1.165) is 0 Å². The molecule has 2 N–H and O–H groups in total. The van der Waals surface area contributed by atoms with Gasteiger partial charge >= 0.3 is 18.0 Å². The van der Waals surface area contributed by atoms with Crippen LogP contribution < -0.4 is 5.32 Å². The zero-order valence-electron chi connectivity index (χ0n) is 11.9. The van der Waals surface area contributed by atoms with Crippen molar-refractivity contribution in [2.45, 2.75) is 39.7 Å². The largest absolute Gasteiger partial charge is 0.481 e. The number of ether oxygens (including phenoxy) is 1. The van der Waals surface area contributed by atoms with Gasteiger partial charge in [0.25, 0.3) is 0 Å². The number of nitrogens with zero attached hydrogens (tertiary/aromatic N) is 1. The zero-order chi connectivity index (χ0) is 15.1. The Hall–Kier alpha value is -1.79. The maximum Gasteiger partial charge on any atom is 0.325 e. The monoisotopic (exact) mass is 274 g/mol. The molecule has 7 nitrogen and oxygen atoms in total. The highest BCUT2D eigenvalue weighted by molar-refractivity contribution is 5.81. The number of aliphatic carboxylic acids is 1. The molecule has 19 heavy (non-hydrogen) atoms. The van der Waals surface area contributed by atoms with E-state index in [1.54, 1.807) is 27.7 Å². The summed E-state index contributed by atoms with van der Waals surface area (Å²) in [6.07, 6.45) is -0.149. The van der Waals surface area contributed by atoms with Crippen molar-refractivity contribution in [1.29, 1.82) is 0 Å². The SMILES string of the molecule is CCOC(=O)CNC(=O)N(CCC(=O)O)C(C)(C)C. The van der Waals surface area contributed by atoms with E-state index < -0.39 is 23.5 Å². The minimum Gasteiger partial charge on any atom is -0.481 e. The van der Waals surface area contributed by atoms with Gasteiger partial charge in [-0.2, -0.15) is 0 Å². The van der Waals surface area contributed by atoms with E-state index in [1.807, 2.05) is 0 Å². The lowest BCUT2D eigenvalue weighted by atomic mass is 10.1. The molecule has 0 aliphatic heterocycles. The van der Waals surface area contributed by atoms with Crippen LogP contribution in [0.4, 0.5) is 4.79 Å². The van der Waals surface area contributed by atoms with Crippen LogP contribution >= 0.6 is 0 Å². The Morgan fingerprint density at radius 1 is 1.26 bits per heavy atom. The van der Waals surface area contributed by atoms with Gasteiger partial charge in [0.15, 0.2) is 0 Å². The van der Waals surface area contributed by atoms with Crippen LogP contribution in [0.1, 0.15) is 34.1 Å². The van der Waals surface area contributed by atoms with Crippen molar-refractivity contribution in [3.8, 4) is 0 Å². The summed E-state index contributed by atoms with van der Waals surface area (Å²) in [5.41, 5.74) is -0.534. The van der Waals surface area contributed by atoms with Gasteiger partial charge in [0.2, 0.25) is 0 Å². The predicted molar refractivity (Wildman–Crippen MR) is 68.7 cm³/mol. The number of amides is 2. The topological polar surface area (TPSA) is 95.9 Å². The molecule has 0 bridgehead atoms. The van der Waals surface area contributed by atoms with Gasteiger partial charge in [0.1, 0.15) is 6.54 Å². The van der Waals surface area contributed by atoms with Gasteiger partial charge in [-0.1, -0.05) is 0 Å². The number of hydrogen-bond acceptors (Lipinski definition) is 4. The summed E-state index contributed by atoms with van der Waals surface area (Å²) in [6, 6.07) is -0.484. The van der Waals surface area contributed by atoms with E-state index in [1.165, 1.54) is 4.90 Å². The highest BCUT2D eigenvalue weighted by Crippen LogP contribution is 2.13. The number of esters is 1. The summed E-state index contributed by atoms with van der Waals surface area (Å²) < 4.78 is 4.69. The maximum absolute atomic E-state index is 11.9. The van der Waals surface area contributed by atoms with E-state index in [9.17, 15) is 14.4 Å². The molecule has 0 spiro atoms. The van der Waals surface area contributed by atoms with Crippen LogP contribution in [0.25, 0.3) is 0 Å². The molecule has 7 heteroatoms. The minimum atomic E-state index is -0.979. The molecular weight excluding hydrogens is 252 g/mol. The first kappa shape index (κ1) is 17.2. The summed E-state index contributed by atoms with van der Waals surface area (Å²) in [6.45, 7) is 7.14. The molecule has 0 unspecified atom stereocenters. The Labute approximate surface area is 112 Å². The number of carboxylic acids is 1. The second-order valence-corrected chi connectivity index (χ2v) is 4.93. The first-order chi connectivity index (χ1) is 8.68. The van der Waals surface area contributed by atoms with Gasteiger partial charge in [-0.25, -0.2) is 4.79 Å². The number of nitrogens with one attached hydrogen (secondary N) is 1. The average Bonchev–Trinajstić information content (AvgIpc) is 2.24. The fraction of sp³-hybridized carbons (Fsp3) is 0.750. The second-order valence-electron chi connectivity index (χ2n) is 4.93. The number of urea groups is 1. The van der Waals surface area contributed by atoms with Crippen LogP contribution in [0.3, 0.4) is 0 Å². The summed E-state index contributed by atoms with van der Waals surface area (Å²) in [7, 11) is 0. The molecule has 0 aromatic carbocycles. The van der Waals surface area contributed by atoms with Crippen molar-refractivity contribution < 1.29 is 24.2 Å². The lowest BCUT2D eigenvalue weighted by molar-refractivity contribution is -0.142. The molecule has 2 amide bonds. The first-order valence-corrected chi connectivity index (χ1v) is 6.11. The third-order valence-electron chi connectivity index (χ3n) is 2.29. The van der Waals surface area contributed by atoms with Crippen LogP contribution in [-0.4, -0.2) is 53.2 Å². The predicted octanol–water partition coefficient (Wildman–Crippen LogP) is 0.834. The molecule has 0 saturated carbocycles. The van der Waals surface area contributed by atoms with Crippen molar-refractivity contribution in [2.24, 2.45) is 0 Å². The van der Waals surface area contributed by atoms with E-state index >= 15 is 0 Å². The third-order valence-corrected chi connectivity index (χ3v) is 2.29. The number of carbonyl (C=O) groups excluding carboxylic acids is 2. The Bertz CT molecular complexity index is 336. The lowest BCUT2D eigenvalue weighted by Gasteiger charge is -2.35. The smallest absolute Gasteiger partial charge is 0.325 e. The standard InChI is InChI=1S/C12H22N2O5/c1-5-19-10(17)8-13-11(18)14(12(2,3)4)7-6-9(15)16/h5-8H2,1-4H3,(H,13,18)(H,15,16). The van der Waals surface area contributed by atoms with Gasteiger partial charge < -0.3 is 20.1 Å². The molecule has 0 rings (SSSR count). The molecular formula is C12H22N2O5. The van der Waals surface area contributed by atoms with Gasteiger partial charge in [-0.05, 0) is 27.7 Å². The fourth-order valence-electron chi connectivity index (χ4n) is 1.40. The van der Waals surface area contributed by atoms with E-state index in [4.69, 9.17) is 5.11 Å².